The maximum atomic E-state index is 11.8. The fourth-order valence-corrected chi connectivity index (χ4v) is 2.63. The number of halogens is 2. The summed E-state index contributed by atoms with van der Waals surface area (Å²) in [6.07, 6.45) is -2.02. The van der Waals surface area contributed by atoms with Crippen molar-refractivity contribution in [1.29, 1.82) is 0 Å². The number of anilines is 1. The Morgan fingerprint density at radius 1 is 1.35 bits per heavy atom. The van der Waals surface area contributed by atoms with Crippen molar-refractivity contribution < 1.29 is 13.5 Å². The molecule has 94 valence electrons. The summed E-state index contributed by atoms with van der Waals surface area (Å²) < 4.78 is 28.4. The van der Waals surface area contributed by atoms with Crippen molar-refractivity contribution in [3.63, 3.8) is 0 Å². The summed E-state index contributed by atoms with van der Waals surface area (Å²) in [6.45, 7) is -0.355. The quantitative estimate of drug-likeness (QED) is 0.816. The molecule has 1 aliphatic heterocycles. The van der Waals surface area contributed by atoms with Gasteiger partial charge in [0, 0.05) is 23.5 Å². The first kappa shape index (κ1) is 12.5. The first-order valence-corrected chi connectivity index (χ1v) is 6.40. The lowest BCUT2D eigenvalue weighted by atomic mass is 10.2. The molecule has 0 saturated carbocycles. The zero-order valence-electron chi connectivity index (χ0n) is 9.16. The number of nitrogens with zero attached hydrogens (tertiary/aromatic N) is 2. The van der Waals surface area contributed by atoms with E-state index in [1.165, 1.54) is 0 Å². The molecular weight excluding hydrogens is 248 g/mol. The van der Waals surface area contributed by atoms with Gasteiger partial charge in [0.15, 0.2) is 0 Å². The molecule has 0 atom stereocenters. The first-order valence-electron chi connectivity index (χ1n) is 5.24. The lowest BCUT2D eigenvalue weighted by Crippen LogP contribution is -2.11. The van der Waals surface area contributed by atoms with E-state index in [1.54, 1.807) is 11.8 Å². The third-order valence-electron chi connectivity index (χ3n) is 2.37. The van der Waals surface area contributed by atoms with Crippen LogP contribution < -0.4 is 5.73 Å². The van der Waals surface area contributed by atoms with Crippen LogP contribution in [0.1, 0.15) is 17.1 Å². The van der Waals surface area contributed by atoms with E-state index < -0.39 is 13.0 Å². The molecule has 0 aliphatic carbocycles. The molecule has 17 heavy (non-hydrogen) atoms. The van der Waals surface area contributed by atoms with Crippen molar-refractivity contribution >= 4 is 17.6 Å². The van der Waals surface area contributed by atoms with E-state index in [0.717, 1.165) is 22.8 Å². The Morgan fingerprint density at radius 3 is 2.94 bits per heavy atom. The molecular formula is C10H13F2N3OS. The normalized spacial score (nSPS) is 14.3. The van der Waals surface area contributed by atoms with Gasteiger partial charge in [0.05, 0.1) is 12.3 Å². The summed E-state index contributed by atoms with van der Waals surface area (Å²) in [5.74, 6) is 2.76. The molecule has 0 spiro atoms. The molecule has 0 unspecified atom stereocenters. The Bertz CT molecular complexity index is 403. The second-order valence-electron chi connectivity index (χ2n) is 3.66. The van der Waals surface area contributed by atoms with Crippen LogP contribution in [-0.4, -0.2) is 29.6 Å². The van der Waals surface area contributed by atoms with E-state index in [9.17, 15) is 8.78 Å². The van der Waals surface area contributed by atoms with Crippen LogP contribution in [0.15, 0.2) is 0 Å². The molecule has 0 aromatic carbocycles. The number of alkyl halides is 2. The van der Waals surface area contributed by atoms with Gasteiger partial charge in [-0.2, -0.15) is 11.8 Å². The Kier molecular flexibility index (Phi) is 4.11. The van der Waals surface area contributed by atoms with Gasteiger partial charge in [-0.25, -0.2) is 18.7 Å². The Balaban J connectivity index is 1.91. The molecule has 4 nitrogen and oxygen atoms in total. The highest BCUT2D eigenvalue weighted by molar-refractivity contribution is 7.98. The maximum absolute atomic E-state index is 11.8. The van der Waals surface area contributed by atoms with Crippen LogP contribution in [0, 0.1) is 0 Å². The van der Waals surface area contributed by atoms with Crippen molar-refractivity contribution in [2.24, 2.45) is 0 Å². The van der Waals surface area contributed by atoms with Crippen LogP contribution in [0.25, 0.3) is 0 Å². The minimum absolute atomic E-state index is 0.190. The van der Waals surface area contributed by atoms with Crippen LogP contribution >= 0.6 is 11.8 Å². The minimum atomic E-state index is -2.43. The second-order valence-corrected chi connectivity index (χ2v) is 4.64. The summed E-state index contributed by atoms with van der Waals surface area (Å²) in [5, 5.41) is 0. The SMILES string of the molecule is Nc1nc(CCOCC(F)F)nc2c1CSC2. The number of nitrogen functional groups attached to an aromatic ring is 1. The van der Waals surface area contributed by atoms with E-state index in [1.807, 2.05) is 0 Å². The summed E-state index contributed by atoms with van der Waals surface area (Å²) in [4.78, 5) is 8.50. The van der Waals surface area contributed by atoms with Gasteiger partial charge in [0.1, 0.15) is 18.2 Å². The first-order chi connectivity index (χ1) is 8.16. The van der Waals surface area contributed by atoms with Gasteiger partial charge < -0.3 is 10.5 Å². The van der Waals surface area contributed by atoms with Gasteiger partial charge >= 0.3 is 0 Å². The van der Waals surface area contributed by atoms with E-state index >= 15 is 0 Å². The lowest BCUT2D eigenvalue weighted by molar-refractivity contribution is 0.0183. The molecule has 1 aliphatic rings. The maximum Gasteiger partial charge on any atom is 0.261 e. The smallest absolute Gasteiger partial charge is 0.261 e. The average molecular weight is 261 g/mol. The minimum Gasteiger partial charge on any atom is -0.383 e. The van der Waals surface area contributed by atoms with E-state index in [-0.39, 0.29) is 6.61 Å². The summed E-state index contributed by atoms with van der Waals surface area (Å²) in [6, 6.07) is 0. The molecule has 7 heteroatoms. The average Bonchev–Trinajstić information content (AvgIpc) is 2.72. The standard InChI is InChI=1S/C10H13F2N3OS/c11-8(12)3-16-2-1-9-14-7-5-17-4-6(7)10(13)15-9/h8H,1-5H2,(H2,13,14,15). The number of ether oxygens (including phenoxy) is 1. The molecule has 1 aromatic rings. The van der Waals surface area contributed by atoms with Crippen LogP contribution in [0.4, 0.5) is 14.6 Å². The molecule has 0 bridgehead atoms. The lowest BCUT2D eigenvalue weighted by Gasteiger charge is -2.06. The zero-order chi connectivity index (χ0) is 12.3. The summed E-state index contributed by atoms with van der Waals surface area (Å²) in [5.41, 5.74) is 7.77. The molecule has 0 fully saturated rings. The number of hydrogen-bond acceptors (Lipinski definition) is 5. The number of fused-ring (bicyclic) bond motifs is 1. The molecule has 0 saturated heterocycles. The molecule has 2 heterocycles. The van der Waals surface area contributed by atoms with Crippen molar-refractivity contribution in [1.82, 2.24) is 9.97 Å². The van der Waals surface area contributed by atoms with Crippen molar-refractivity contribution in [3.05, 3.63) is 17.1 Å². The van der Waals surface area contributed by atoms with Crippen molar-refractivity contribution in [3.8, 4) is 0 Å². The van der Waals surface area contributed by atoms with Crippen LogP contribution in [-0.2, 0) is 22.7 Å². The van der Waals surface area contributed by atoms with Gasteiger partial charge in [-0.1, -0.05) is 0 Å². The van der Waals surface area contributed by atoms with Crippen molar-refractivity contribution in [2.75, 3.05) is 18.9 Å². The highest BCUT2D eigenvalue weighted by Crippen LogP contribution is 2.31. The number of hydrogen-bond donors (Lipinski definition) is 1. The van der Waals surface area contributed by atoms with Gasteiger partial charge in [-0.3, -0.25) is 0 Å². The fraction of sp³-hybridized carbons (Fsp3) is 0.600. The monoisotopic (exact) mass is 261 g/mol. The number of thioether (sulfide) groups is 1. The Labute approximate surface area is 102 Å². The fourth-order valence-electron chi connectivity index (χ4n) is 1.58. The van der Waals surface area contributed by atoms with Crippen LogP contribution in [0.2, 0.25) is 0 Å². The Hall–Kier alpha value is -0.950. The van der Waals surface area contributed by atoms with Gasteiger partial charge in [0.25, 0.3) is 6.43 Å². The van der Waals surface area contributed by atoms with E-state index in [2.05, 4.69) is 9.97 Å². The number of nitrogens with two attached hydrogens (primary N) is 1. The highest BCUT2D eigenvalue weighted by Gasteiger charge is 2.17. The van der Waals surface area contributed by atoms with Gasteiger partial charge in [-0.05, 0) is 0 Å². The summed E-state index contributed by atoms with van der Waals surface area (Å²) >= 11 is 1.75. The highest BCUT2D eigenvalue weighted by atomic mass is 32.2. The predicted molar refractivity (Wildman–Crippen MR) is 62.0 cm³/mol. The van der Waals surface area contributed by atoms with Crippen molar-refractivity contribution in [2.45, 2.75) is 24.4 Å². The van der Waals surface area contributed by atoms with Gasteiger partial charge in [0.2, 0.25) is 0 Å². The molecule has 1 aromatic heterocycles. The largest absolute Gasteiger partial charge is 0.383 e. The third kappa shape index (κ3) is 3.26. The predicted octanol–water partition coefficient (Wildman–Crippen LogP) is 1.63. The second kappa shape index (κ2) is 5.59. The zero-order valence-corrected chi connectivity index (χ0v) is 9.97. The third-order valence-corrected chi connectivity index (χ3v) is 3.34. The van der Waals surface area contributed by atoms with Crippen LogP contribution in [0.3, 0.4) is 0 Å². The van der Waals surface area contributed by atoms with E-state index in [4.69, 9.17) is 10.5 Å². The topological polar surface area (TPSA) is 61.0 Å². The number of aromatic nitrogens is 2. The molecule has 0 amide bonds. The molecule has 2 N–H and O–H groups in total. The van der Waals surface area contributed by atoms with Crippen LogP contribution in [0.5, 0.6) is 0 Å². The summed E-state index contributed by atoms with van der Waals surface area (Å²) in [7, 11) is 0. The van der Waals surface area contributed by atoms with Gasteiger partial charge in [-0.15, -0.1) is 0 Å². The number of rotatable bonds is 5. The molecule has 0 radical (unpaired) electrons. The van der Waals surface area contributed by atoms with E-state index in [0.29, 0.717) is 18.1 Å². The Morgan fingerprint density at radius 2 is 2.18 bits per heavy atom. The molecule has 2 rings (SSSR count).